The van der Waals surface area contributed by atoms with E-state index < -0.39 is 10.0 Å². The third-order valence-electron chi connectivity index (χ3n) is 2.66. The first-order valence-electron chi connectivity index (χ1n) is 6.16. The van der Waals surface area contributed by atoms with Crippen LogP contribution in [0.15, 0.2) is 23.1 Å². The Kier molecular flexibility index (Phi) is 5.16. The molecule has 0 amide bonds. The predicted octanol–water partition coefficient (Wildman–Crippen LogP) is 2.47. The van der Waals surface area contributed by atoms with Gasteiger partial charge in [0.15, 0.2) is 0 Å². The fraction of sp³-hybridized carbons (Fsp3) is 0.538. The summed E-state index contributed by atoms with van der Waals surface area (Å²) in [7, 11) is -3.52. The van der Waals surface area contributed by atoms with Crippen LogP contribution in [0.2, 0.25) is 0 Å². The lowest BCUT2D eigenvalue weighted by molar-refractivity contribution is 0.330. The number of hydrogen-bond acceptors (Lipinski definition) is 3. The van der Waals surface area contributed by atoms with Crippen molar-refractivity contribution in [2.75, 3.05) is 6.61 Å². The molecule has 0 bridgehead atoms. The van der Waals surface area contributed by atoms with Crippen molar-refractivity contribution in [3.05, 3.63) is 23.8 Å². The van der Waals surface area contributed by atoms with Gasteiger partial charge in [-0.15, -0.1) is 0 Å². The normalized spacial score (nSPS) is 13.3. The van der Waals surface area contributed by atoms with Gasteiger partial charge in [-0.3, -0.25) is 0 Å². The van der Waals surface area contributed by atoms with E-state index in [2.05, 4.69) is 4.72 Å². The summed E-state index contributed by atoms with van der Waals surface area (Å²) in [6, 6.07) is 5.08. The van der Waals surface area contributed by atoms with E-state index in [-0.39, 0.29) is 10.9 Å². The number of aryl methyl sites for hydroxylation is 1. The molecule has 0 aliphatic heterocycles. The molecule has 1 N–H and O–H groups in total. The van der Waals surface area contributed by atoms with Gasteiger partial charge in [-0.2, -0.15) is 0 Å². The highest BCUT2D eigenvalue weighted by molar-refractivity contribution is 7.89. The molecule has 4 nitrogen and oxygen atoms in total. The SMILES string of the molecule is CCOc1ccc(C)cc1S(=O)(=O)NC(C)CC. The Morgan fingerprint density at radius 2 is 2.00 bits per heavy atom. The van der Waals surface area contributed by atoms with Gasteiger partial charge in [0, 0.05) is 6.04 Å². The molecule has 0 fully saturated rings. The molecule has 1 atom stereocenters. The lowest BCUT2D eigenvalue weighted by Crippen LogP contribution is -2.32. The summed E-state index contributed by atoms with van der Waals surface area (Å²) in [4.78, 5) is 0.213. The molecule has 0 heterocycles. The Balaban J connectivity index is 3.17. The van der Waals surface area contributed by atoms with Crippen molar-refractivity contribution >= 4 is 10.0 Å². The van der Waals surface area contributed by atoms with Crippen molar-refractivity contribution in [1.82, 2.24) is 4.72 Å². The summed E-state index contributed by atoms with van der Waals surface area (Å²) >= 11 is 0. The average Bonchev–Trinajstić information content (AvgIpc) is 2.31. The van der Waals surface area contributed by atoms with Crippen LogP contribution in [-0.4, -0.2) is 21.1 Å². The molecule has 0 saturated heterocycles. The molecule has 1 aromatic rings. The standard InChI is InChI=1S/C13H21NO3S/c1-5-11(4)14-18(15,16)13-9-10(3)7-8-12(13)17-6-2/h7-9,11,14H,5-6H2,1-4H3. The maximum atomic E-state index is 12.3. The molecular formula is C13H21NO3S. The maximum absolute atomic E-state index is 12.3. The summed E-state index contributed by atoms with van der Waals surface area (Å²) in [6.07, 6.45) is 0.745. The van der Waals surface area contributed by atoms with Crippen LogP contribution in [0.25, 0.3) is 0 Å². The van der Waals surface area contributed by atoms with Crippen LogP contribution in [0.1, 0.15) is 32.8 Å². The summed E-state index contributed by atoms with van der Waals surface area (Å²) < 4.78 is 32.5. The monoisotopic (exact) mass is 271 g/mol. The first-order chi connectivity index (χ1) is 8.40. The molecule has 1 rings (SSSR count). The Bertz CT molecular complexity index is 497. The first-order valence-corrected chi connectivity index (χ1v) is 7.64. The van der Waals surface area contributed by atoms with E-state index in [1.807, 2.05) is 33.8 Å². The van der Waals surface area contributed by atoms with Gasteiger partial charge < -0.3 is 4.74 Å². The third kappa shape index (κ3) is 3.71. The quantitative estimate of drug-likeness (QED) is 0.864. The Labute approximate surface area is 109 Å². The lowest BCUT2D eigenvalue weighted by atomic mass is 10.2. The second kappa shape index (κ2) is 6.20. The average molecular weight is 271 g/mol. The van der Waals surface area contributed by atoms with E-state index >= 15 is 0 Å². The van der Waals surface area contributed by atoms with Crippen LogP contribution < -0.4 is 9.46 Å². The molecule has 0 aromatic heterocycles. The smallest absolute Gasteiger partial charge is 0.244 e. The number of sulfonamides is 1. The zero-order valence-electron chi connectivity index (χ0n) is 11.4. The van der Waals surface area contributed by atoms with E-state index in [1.165, 1.54) is 0 Å². The summed E-state index contributed by atoms with van der Waals surface area (Å²) in [6.45, 7) is 7.91. The minimum absolute atomic E-state index is 0.0926. The highest BCUT2D eigenvalue weighted by atomic mass is 32.2. The predicted molar refractivity (Wildman–Crippen MR) is 72.4 cm³/mol. The maximum Gasteiger partial charge on any atom is 0.244 e. The van der Waals surface area contributed by atoms with Gasteiger partial charge >= 0.3 is 0 Å². The zero-order chi connectivity index (χ0) is 13.8. The Morgan fingerprint density at radius 3 is 2.56 bits per heavy atom. The van der Waals surface area contributed by atoms with Gasteiger partial charge in [-0.25, -0.2) is 13.1 Å². The largest absolute Gasteiger partial charge is 0.492 e. The first kappa shape index (κ1) is 15.0. The summed E-state index contributed by atoms with van der Waals surface area (Å²) in [5, 5.41) is 0. The van der Waals surface area contributed by atoms with Gasteiger partial charge in [-0.05, 0) is 44.9 Å². The molecule has 0 aliphatic carbocycles. The van der Waals surface area contributed by atoms with Crippen LogP contribution >= 0.6 is 0 Å². The molecule has 0 radical (unpaired) electrons. The van der Waals surface area contributed by atoms with E-state index in [0.717, 1.165) is 12.0 Å². The number of rotatable bonds is 6. The third-order valence-corrected chi connectivity index (χ3v) is 4.27. The topological polar surface area (TPSA) is 55.4 Å². The molecule has 0 aliphatic rings. The van der Waals surface area contributed by atoms with Crippen LogP contribution in [0.5, 0.6) is 5.75 Å². The Morgan fingerprint density at radius 1 is 1.33 bits per heavy atom. The molecule has 5 heteroatoms. The van der Waals surface area contributed by atoms with Gasteiger partial charge in [-0.1, -0.05) is 13.0 Å². The molecule has 1 aromatic carbocycles. The number of hydrogen-bond donors (Lipinski definition) is 1. The van der Waals surface area contributed by atoms with Gasteiger partial charge in [0.05, 0.1) is 6.61 Å². The highest BCUT2D eigenvalue weighted by Gasteiger charge is 2.21. The van der Waals surface area contributed by atoms with Crippen LogP contribution in [-0.2, 0) is 10.0 Å². The lowest BCUT2D eigenvalue weighted by Gasteiger charge is -2.15. The van der Waals surface area contributed by atoms with Crippen molar-refractivity contribution < 1.29 is 13.2 Å². The number of ether oxygens (including phenoxy) is 1. The van der Waals surface area contributed by atoms with Crippen molar-refractivity contribution in [2.45, 2.75) is 45.1 Å². The second-order valence-corrected chi connectivity index (χ2v) is 6.00. The van der Waals surface area contributed by atoms with E-state index in [0.29, 0.717) is 12.4 Å². The minimum Gasteiger partial charge on any atom is -0.492 e. The van der Waals surface area contributed by atoms with E-state index in [1.54, 1.807) is 12.1 Å². The molecule has 18 heavy (non-hydrogen) atoms. The molecule has 0 saturated carbocycles. The summed E-state index contributed by atoms with van der Waals surface area (Å²) in [5.41, 5.74) is 0.892. The minimum atomic E-state index is -3.52. The van der Waals surface area contributed by atoms with E-state index in [9.17, 15) is 8.42 Å². The molecule has 102 valence electrons. The van der Waals surface area contributed by atoms with Crippen molar-refractivity contribution in [3.8, 4) is 5.75 Å². The van der Waals surface area contributed by atoms with Gasteiger partial charge in [0.25, 0.3) is 0 Å². The molecule has 0 spiro atoms. The second-order valence-electron chi connectivity index (χ2n) is 4.31. The Hall–Kier alpha value is -1.07. The number of benzene rings is 1. The van der Waals surface area contributed by atoms with Gasteiger partial charge in [0.1, 0.15) is 10.6 Å². The van der Waals surface area contributed by atoms with Crippen LogP contribution in [0.4, 0.5) is 0 Å². The number of nitrogens with one attached hydrogen (secondary N) is 1. The summed E-state index contributed by atoms with van der Waals surface area (Å²) in [5.74, 6) is 0.402. The zero-order valence-corrected chi connectivity index (χ0v) is 12.2. The van der Waals surface area contributed by atoms with Crippen LogP contribution in [0, 0.1) is 6.92 Å². The fourth-order valence-corrected chi connectivity index (χ4v) is 3.07. The molecular weight excluding hydrogens is 250 g/mol. The highest BCUT2D eigenvalue weighted by Crippen LogP contribution is 2.25. The van der Waals surface area contributed by atoms with Gasteiger partial charge in [0.2, 0.25) is 10.0 Å². The van der Waals surface area contributed by atoms with E-state index in [4.69, 9.17) is 4.74 Å². The molecule has 1 unspecified atom stereocenters. The van der Waals surface area contributed by atoms with Crippen molar-refractivity contribution in [1.29, 1.82) is 0 Å². The van der Waals surface area contributed by atoms with Crippen molar-refractivity contribution in [3.63, 3.8) is 0 Å². The van der Waals surface area contributed by atoms with Crippen LogP contribution in [0.3, 0.4) is 0 Å². The van der Waals surface area contributed by atoms with Crippen molar-refractivity contribution in [2.24, 2.45) is 0 Å². The fourth-order valence-electron chi connectivity index (χ4n) is 1.51.